The Morgan fingerprint density at radius 2 is 1.63 bits per heavy atom. The number of aromatic nitrogens is 2. The Hall–Kier alpha value is -3.60. The van der Waals surface area contributed by atoms with E-state index in [0.717, 1.165) is 61.4 Å². The van der Waals surface area contributed by atoms with Crippen LogP contribution in [-0.2, 0) is 24.3 Å². The first kappa shape index (κ1) is 23.2. The SMILES string of the molecule is CCc1ccc(CNC(=O)C2CCN(c3nc4ccccc4n3Cc3ccccc3C)CC2)cc1. The number of para-hydroxylation sites is 2. The van der Waals surface area contributed by atoms with Crippen molar-refractivity contribution in [3.05, 3.63) is 95.1 Å². The molecule has 0 saturated carbocycles. The van der Waals surface area contributed by atoms with Crippen molar-refractivity contribution in [3.63, 3.8) is 0 Å². The minimum atomic E-state index is 0.0513. The highest BCUT2D eigenvalue weighted by molar-refractivity contribution is 5.80. The second kappa shape index (κ2) is 10.3. The summed E-state index contributed by atoms with van der Waals surface area (Å²) in [6.07, 6.45) is 2.71. The van der Waals surface area contributed by atoms with Crippen molar-refractivity contribution in [2.45, 2.75) is 46.2 Å². The summed E-state index contributed by atoms with van der Waals surface area (Å²) in [4.78, 5) is 20.2. The van der Waals surface area contributed by atoms with Crippen molar-refractivity contribution < 1.29 is 4.79 Å². The number of benzene rings is 3. The van der Waals surface area contributed by atoms with Gasteiger partial charge in [0.1, 0.15) is 0 Å². The van der Waals surface area contributed by atoms with Gasteiger partial charge in [-0.15, -0.1) is 0 Å². The predicted octanol–water partition coefficient (Wildman–Crippen LogP) is 5.49. The molecule has 0 spiro atoms. The number of anilines is 1. The van der Waals surface area contributed by atoms with E-state index >= 15 is 0 Å². The molecule has 0 unspecified atom stereocenters. The maximum atomic E-state index is 12.9. The van der Waals surface area contributed by atoms with Crippen molar-refractivity contribution in [3.8, 4) is 0 Å². The monoisotopic (exact) mass is 466 g/mol. The fourth-order valence-electron chi connectivity index (χ4n) is 4.99. The van der Waals surface area contributed by atoms with Crippen LogP contribution >= 0.6 is 0 Å². The summed E-state index contributed by atoms with van der Waals surface area (Å²) >= 11 is 0. The van der Waals surface area contributed by atoms with Crippen molar-refractivity contribution in [2.24, 2.45) is 5.92 Å². The summed E-state index contributed by atoms with van der Waals surface area (Å²) in [6.45, 7) is 7.37. The Morgan fingerprint density at radius 1 is 0.943 bits per heavy atom. The summed E-state index contributed by atoms with van der Waals surface area (Å²) in [5, 5.41) is 3.15. The molecule has 0 bridgehead atoms. The van der Waals surface area contributed by atoms with E-state index in [1.807, 2.05) is 6.07 Å². The molecule has 1 fully saturated rings. The molecule has 0 aliphatic carbocycles. The minimum Gasteiger partial charge on any atom is -0.352 e. The quantitative estimate of drug-likeness (QED) is 0.392. The lowest BCUT2D eigenvalue weighted by Crippen LogP contribution is -2.41. The van der Waals surface area contributed by atoms with E-state index in [1.54, 1.807) is 0 Å². The van der Waals surface area contributed by atoms with E-state index in [0.29, 0.717) is 6.54 Å². The molecule has 5 heteroatoms. The minimum absolute atomic E-state index is 0.0513. The largest absolute Gasteiger partial charge is 0.352 e. The van der Waals surface area contributed by atoms with Crippen LogP contribution < -0.4 is 10.2 Å². The molecule has 1 aliphatic heterocycles. The Bertz CT molecular complexity index is 1300. The van der Waals surface area contributed by atoms with E-state index in [2.05, 4.69) is 95.4 Å². The van der Waals surface area contributed by atoms with E-state index in [1.165, 1.54) is 16.7 Å². The summed E-state index contributed by atoms with van der Waals surface area (Å²) in [5.74, 6) is 1.22. The molecule has 1 N–H and O–H groups in total. The van der Waals surface area contributed by atoms with Gasteiger partial charge in [-0.2, -0.15) is 0 Å². The van der Waals surface area contributed by atoms with Gasteiger partial charge in [0, 0.05) is 25.6 Å². The summed E-state index contributed by atoms with van der Waals surface area (Å²) in [5.41, 5.74) is 7.23. The molecule has 5 nitrogen and oxygen atoms in total. The van der Waals surface area contributed by atoms with Gasteiger partial charge in [-0.1, -0.05) is 67.6 Å². The van der Waals surface area contributed by atoms with Gasteiger partial charge in [0.15, 0.2) is 0 Å². The van der Waals surface area contributed by atoms with Gasteiger partial charge < -0.3 is 14.8 Å². The number of nitrogens with zero attached hydrogens (tertiary/aromatic N) is 3. The van der Waals surface area contributed by atoms with Gasteiger partial charge >= 0.3 is 0 Å². The highest BCUT2D eigenvalue weighted by atomic mass is 16.1. The third kappa shape index (κ3) is 5.09. The van der Waals surface area contributed by atoms with Crippen LogP contribution in [0.1, 0.15) is 42.0 Å². The number of imidazole rings is 1. The Balaban J connectivity index is 1.26. The fourth-order valence-corrected chi connectivity index (χ4v) is 4.99. The Labute approximate surface area is 207 Å². The molecule has 1 amide bonds. The van der Waals surface area contributed by atoms with Gasteiger partial charge in [0.25, 0.3) is 0 Å². The Morgan fingerprint density at radius 3 is 2.37 bits per heavy atom. The standard InChI is InChI=1S/C30H34N4O/c1-3-23-12-14-24(15-13-23)20-31-29(35)25-16-18-33(19-17-25)30-32-27-10-6-7-11-28(27)34(30)21-26-9-5-4-8-22(26)2/h4-15,25H,3,16-21H2,1-2H3,(H,31,35). The summed E-state index contributed by atoms with van der Waals surface area (Å²) < 4.78 is 2.33. The zero-order valence-electron chi connectivity index (χ0n) is 20.7. The smallest absolute Gasteiger partial charge is 0.223 e. The highest BCUT2D eigenvalue weighted by Crippen LogP contribution is 2.28. The van der Waals surface area contributed by atoms with Gasteiger partial charge in [-0.05, 0) is 60.6 Å². The first-order chi connectivity index (χ1) is 17.1. The van der Waals surface area contributed by atoms with E-state index in [4.69, 9.17) is 4.98 Å². The number of piperidine rings is 1. The molecule has 0 atom stereocenters. The van der Waals surface area contributed by atoms with Gasteiger partial charge in [-0.3, -0.25) is 4.79 Å². The second-order valence-corrected chi connectivity index (χ2v) is 9.56. The van der Waals surface area contributed by atoms with Gasteiger partial charge in [-0.25, -0.2) is 4.98 Å². The maximum Gasteiger partial charge on any atom is 0.223 e. The van der Waals surface area contributed by atoms with Gasteiger partial charge in [0.05, 0.1) is 17.6 Å². The zero-order chi connectivity index (χ0) is 24.2. The predicted molar refractivity (Wildman–Crippen MR) is 143 cm³/mol. The second-order valence-electron chi connectivity index (χ2n) is 9.56. The number of carbonyl (C=O) groups is 1. The molecular formula is C30H34N4O. The zero-order valence-corrected chi connectivity index (χ0v) is 20.7. The number of aryl methyl sites for hydroxylation is 2. The summed E-state index contributed by atoms with van der Waals surface area (Å²) in [6, 6.07) is 25.4. The molecule has 1 aliphatic rings. The van der Waals surface area contributed by atoms with Crippen LogP contribution in [0.2, 0.25) is 0 Å². The molecule has 35 heavy (non-hydrogen) atoms. The normalized spacial score (nSPS) is 14.4. The first-order valence-corrected chi connectivity index (χ1v) is 12.7. The number of rotatable bonds is 7. The molecular weight excluding hydrogens is 432 g/mol. The molecule has 5 rings (SSSR count). The highest BCUT2D eigenvalue weighted by Gasteiger charge is 2.27. The van der Waals surface area contributed by atoms with E-state index < -0.39 is 0 Å². The number of carbonyl (C=O) groups excluding carboxylic acids is 1. The molecule has 3 aromatic carbocycles. The van der Waals surface area contributed by atoms with Crippen molar-refractivity contribution >= 4 is 22.9 Å². The third-order valence-electron chi connectivity index (χ3n) is 7.27. The van der Waals surface area contributed by atoms with Crippen LogP contribution in [0.3, 0.4) is 0 Å². The summed E-state index contributed by atoms with van der Waals surface area (Å²) in [7, 11) is 0. The number of fused-ring (bicyclic) bond motifs is 1. The van der Waals surface area contributed by atoms with Crippen LogP contribution in [-0.4, -0.2) is 28.5 Å². The van der Waals surface area contributed by atoms with Crippen molar-refractivity contribution in [1.82, 2.24) is 14.9 Å². The molecule has 1 aromatic heterocycles. The van der Waals surface area contributed by atoms with Crippen LogP contribution in [0.4, 0.5) is 5.95 Å². The lowest BCUT2D eigenvalue weighted by molar-refractivity contribution is -0.125. The molecule has 180 valence electrons. The van der Waals surface area contributed by atoms with Crippen LogP contribution in [0.15, 0.2) is 72.8 Å². The van der Waals surface area contributed by atoms with E-state index in [9.17, 15) is 4.79 Å². The fraction of sp³-hybridized carbons (Fsp3) is 0.333. The van der Waals surface area contributed by atoms with Gasteiger partial charge in [0.2, 0.25) is 11.9 Å². The van der Waals surface area contributed by atoms with Crippen molar-refractivity contribution in [2.75, 3.05) is 18.0 Å². The molecule has 1 saturated heterocycles. The molecule has 4 aromatic rings. The molecule has 2 heterocycles. The number of amides is 1. The van der Waals surface area contributed by atoms with Crippen LogP contribution in [0.25, 0.3) is 11.0 Å². The topological polar surface area (TPSA) is 50.2 Å². The number of hydrogen-bond acceptors (Lipinski definition) is 3. The van der Waals surface area contributed by atoms with Crippen molar-refractivity contribution in [1.29, 1.82) is 0 Å². The average Bonchev–Trinajstić information content (AvgIpc) is 3.27. The van der Waals surface area contributed by atoms with Crippen LogP contribution in [0, 0.1) is 12.8 Å². The molecule has 0 radical (unpaired) electrons. The lowest BCUT2D eigenvalue weighted by Gasteiger charge is -2.32. The lowest BCUT2D eigenvalue weighted by atomic mass is 9.96. The Kier molecular flexibility index (Phi) is 6.84. The third-order valence-corrected chi connectivity index (χ3v) is 7.27. The maximum absolute atomic E-state index is 12.9. The first-order valence-electron chi connectivity index (χ1n) is 12.7. The number of hydrogen-bond donors (Lipinski definition) is 1. The average molecular weight is 467 g/mol. The van der Waals surface area contributed by atoms with Crippen LogP contribution in [0.5, 0.6) is 0 Å². The number of nitrogens with one attached hydrogen (secondary N) is 1. The van der Waals surface area contributed by atoms with E-state index in [-0.39, 0.29) is 11.8 Å².